The van der Waals surface area contributed by atoms with Gasteiger partial charge in [0.25, 0.3) is 0 Å². The maximum Gasteiger partial charge on any atom is 0.00128 e. The van der Waals surface area contributed by atoms with Crippen LogP contribution < -0.4 is 0 Å². The van der Waals surface area contributed by atoms with E-state index in [-0.39, 0.29) is 0 Å². The zero-order valence-corrected chi connectivity index (χ0v) is 7.84. The van der Waals surface area contributed by atoms with Gasteiger partial charge >= 0.3 is 0 Å². The highest BCUT2D eigenvalue weighted by atomic mass is 15.1. The second-order valence-electron chi connectivity index (χ2n) is 3.91. The molecule has 0 N–H and O–H groups in total. The SMILES string of the molecule is CC(C)CCN1C[CH]CCC1. The van der Waals surface area contributed by atoms with E-state index in [0.29, 0.717) is 0 Å². The van der Waals surface area contributed by atoms with Gasteiger partial charge in [-0.05, 0) is 44.7 Å². The Bertz CT molecular complexity index is 93.0. The first-order valence-electron chi connectivity index (χ1n) is 4.83. The van der Waals surface area contributed by atoms with Gasteiger partial charge in [0.05, 0.1) is 0 Å². The van der Waals surface area contributed by atoms with Crippen molar-refractivity contribution in [2.24, 2.45) is 5.92 Å². The Kier molecular flexibility index (Phi) is 3.92. The van der Waals surface area contributed by atoms with E-state index in [1.807, 2.05) is 0 Å². The highest BCUT2D eigenvalue weighted by Crippen LogP contribution is 2.09. The van der Waals surface area contributed by atoms with Crippen LogP contribution in [0.3, 0.4) is 0 Å². The average Bonchev–Trinajstić information content (AvgIpc) is 2.03. The Hall–Kier alpha value is -0.0400. The van der Waals surface area contributed by atoms with E-state index in [0.717, 1.165) is 5.92 Å². The van der Waals surface area contributed by atoms with Crippen molar-refractivity contribution < 1.29 is 0 Å². The van der Waals surface area contributed by atoms with E-state index in [1.54, 1.807) is 0 Å². The van der Waals surface area contributed by atoms with Crippen LogP contribution in [0.2, 0.25) is 0 Å². The molecule has 0 aromatic rings. The summed E-state index contributed by atoms with van der Waals surface area (Å²) in [5.41, 5.74) is 0. The van der Waals surface area contributed by atoms with E-state index in [1.165, 1.54) is 38.9 Å². The fraction of sp³-hybridized carbons (Fsp3) is 0.900. The molecule has 1 aliphatic heterocycles. The first kappa shape index (κ1) is 9.05. The van der Waals surface area contributed by atoms with E-state index in [9.17, 15) is 0 Å². The predicted molar refractivity (Wildman–Crippen MR) is 49.4 cm³/mol. The minimum absolute atomic E-state index is 0.858. The van der Waals surface area contributed by atoms with Gasteiger partial charge in [-0.2, -0.15) is 0 Å². The summed E-state index contributed by atoms with van der Waals surface area (Å²) in [7, 11) is 0. The number of nitrogens with zero attached hydrogens (tertiary/aromatic N) is 1. The molecule has 1 nitrogen and oxygen atoms in total. The Morgan fingerprint density at radius 2 is 2.27 bits per heavy atom. The van der Waals surface area contributed by atoms with Crippen LogP contribution in [-0.4, -0.2) is 24.5 Å². The summed E-state index contributed by atoms with van der Waals surface area (Å²) in [5.74, 6) is 0.858. The fourth-order valence-corrected chi connectivity index (χ4v) is 1.47. The number of likely N-dealkylation sites (tertiary alicyclic amines) is 1. The summed E-state index contributed by atoms with van der Waals surface area (Å²) in [5, 5.41) is 0. The second-order valence-corrected chi connectivity index (χ2v) is 3.91. The van der Waals surface area contributed by atoms with Gasteiger partial charge in [0.2, 0.25) is 0 Å². The smallest absolute Gasteiger partial charge is 0.00128 e. The molecule has 0 atom stereocenters. The van der Waals surface area contributed by atoms with Gasteiger partial charge in [0.15, 0.2) is 0 Å². The lowest BCUT2D eigenvalue weighted by molar-refractivity contribution is 0.248. The third-order valence-corrected chi connectivity index (χ3v) is 2.29. The lowest BCUT2D eigenvalue weighted by Crippen LogP contribution is -2.31. The number of rotatable bonds is 3. The summed E-state index contributed by atoms with van der Waals surface area (Å²) >= 11 is 0. The summed E-state index contributed by atoms with van der Waals surface area (Å²) < 4.78 is 0. The van der Waals surface area contributed by atoms with Crippen LogP contribution in [0.25, 0.3) is 0 Å². The Morgan fingerprint density at radius 3 is 2.82 bits per heavy atom. The van der Waals surface area contributed by atoms with Gasteiger partial charge in [-0.1, -0.05) is 13.8 Å². The average molecular weight is 154 g/mol. The van der Waals surface area contributed by atoms with Crippen LogP contribution in [0.4, 0.5) is 0 Å². The molecule has 11 heavy (non-hydrogen) atoms. The summed E-state index contributed by atoms with van der Waals surface area (Å²) in [6.07, 6.45) is 6.47. The van der Waals surface area contributed by atoms with Gasteiger partial charge in [-0.25, -0.2) is 0 Å². The predicted octanol–water partition coefficient (Wildman–Crippen LogP) is 2.33. The molecular formula is C10H20N. The Labute approximate surface area is 70.8 Å². The standard InChI is InChI=1S/C10H20N/c1-10(2)6-9-11-7-4-3-5-8-11/h4,10H,3,5-9H2,1-2H3. The topological polar surface area (TPSA) is 3.24 Å². The van der Waals surface area contributed by atoms with Gasteiger partial charge < -0.3 is 4.90 Å². The Balaban J connectivity index is 2.05. The van der Waals surface area contributed by atoms with Gasteiger partial charge in [0, 0.05) is 6.54 Å². The summed E-state index contributed by atoms with van der Waals surface area (Å²) in [6, 6.07) is 0. The molecule has 0 saturated carbocycles. The molecule has 0 spiro atoms. The van der Waals surface area contributed by atoms with Crippen molar-refractivity contribution in [3.63, 3.8) is 0 Å². The van der Waals surface area contributed by atoms with E-state index < -0.39 is 0 Å². The molecule has 1 saturated heterocycles. The minimum Gasteiger partial charge on any atom is -0.303 e. The number of piperidine rings is 1. The maximum absolute atomic E-state index is 2.56. The number of hydrogen-bond acceptors (Lipinski definition) is 1. The Morgan fingerprint density at radius 1 is 1.45 bits per heavy atom. The largest absolute Gasteiger partial charge is 0.303 e. The molecule has 1 radical (unpaired) electrons. The molecule has 0 aromatic carbocycles. The van der Waals surface area contributed by atoms with Crippen LogP contribution in [0.15, 0.2) is 0 Å². The third-order valence-electron chi connectivity index (χ3n) is 2.29. The summed E-state index contributed by atoms with van der Waals surface area (Å²) in [4.78, 5) is 2.56. The molecule has 0 aromatic heterocycles. The monoisotopic (exact) mass is 154 g/mol. The minimum atomic E-state index is 0.858. The third kappa shape index (κ3) is 3.76. The highest BCUT2D eigenvalue weighted by molar-refractivity contribution is 4.77. The lowest BCUT2D eigenvalue weighted by atomic mass is 10.1. The van der Waals surface area contributed by atoms with Gasteiger partial charge in [0.1, 0.15) is 0 Å². The van der Waals surface area contributed by atoms with Crippen LogP contribution >= 0.6 is 0 Å². The maximum atomic E-state index is 2.56. The van der Waals surface area contributed by atoms with Crippen molar-refractivity contribution in [3.05, 3.63) is 6.42 Å². The molecule has 1 heteroatoms. The van der Waals surface area contributed by atoms with Crippen LogP contribution in [0.1, 0.15) is 33.1 Å². The van der Waals surface area contributed by atoms with Gasteiger partial charge in [-0.15, -0.1) is 0 Å². The van der Waals surface area contributed by atoms with Crippen molar-refractivity contribution in [1.82, 2.24) is 4.90 Å². The van der Waals surface area contributed by atoms with Crippen LogP contribution in [-0.2, 0) is 0 Å². The molecule has 65 valence electrons. The first-order valence-corrected chi connectivity index (χ1v) is 4.83. The van der Waals surface area contributed by atoms with Crippen LogP contribution in [0.5, 0.6) is 0 Å². The lowest BCUT2D eigenvalue weighted by Gasteiger charge is -2.26. The molecule has 0 amide bonds. The zero-order chi connectivity index (χ0) is 8.10. The summed E-state index contributed by atoms with van der Waals surface area (Å²) in [6.45, 7) is 8.45. The van der Waals surface area contributed by atoms with E-state index in [2.05, 4.69) is 25.2 Å². The van der Waals surface area contributed by atoms with Gasteiger partial charge in [-0.3, -0.25) is 0 Å². The molecule has 0 bridgehead atoms. The molecule has 1 aliphatic rings. The fourth-order valence-electron chi connectivity index (χ4n) is 1.47. The molecule has 0 unspecified atom stereocenters. The van der Waals surface area contributed by atoms with Crippen molar-refractivity contribution in [2.45, 2.75) is 33.1 Å². The molecule has 1 fully saturated rings. The molecular weight excluding hydrogens is 134 g/mol. The molecule has 1 rings (SSSR count). The van der Waals surface area contributed by atoms with Crippen LogP contribution in [0, 0.1) is 12.3 Å². The first-order chi connectivity index (χ1) is 5.29. The molecule has 0 aliphatic carbocycles. The highest BCUT2D eigenvalue weighted by Gasteiger charge is 2.09. The van der Waals surface area contributed by atoms with Crippen molar-refractivity contribution in [1.29, 1.82) is 0 Å². The van der Waals surface area contributed by atoms with E-state index >= 15 is 0 Å². The van der Waals surface area contributed by atoms with Crippen molar-refractivity contribution in [2.75, 3.05) is 19.6 Å². The quantitative estimate of drug-likeness (QED) is 0.603. The van der Waals surface area contributed by atoms with Crippen molar-refractivity contribution in [3.8, 4) is 0 Å². The van der Waals surface area contributed by atoms with Crippen molar-refractivity contribution >= 4 is 0 Å². The second kappa shape index (κ2) is 4.76. The normalized spacial score (nSPS) is 21.0. The van der Waals surface area contributed by atoms with E-state index in [4.69, 9.17) is 0 Å². The molecule has 1 heterocycles. The zero-order valence-electron chi connectivity index (χ0n) is 7.84. The number of hydrogen-bond donors (Lipinski definition) is 0.